The molecule has 0 saturated carbocycles. The Morgan fingerprint density at radius 2 is 1.60 bits per heavy atom. The number of carboxylic acid groups (broad SMARTS) is 1. The number of halogens is 2. The molecular weight excluding hydrogens is 575 g/mol. The van der Waals surface area contributed by atoms with E-state index in [1.54, 1.807) is 32.4 Å². The van der Waals surface area contributed by atoms with Gasteiger partial charge in [0.2, 0.25) is 0 Å². The summed E-state index contributed by atoms with van der Waals surface area (Å²) in [7, 11) is 3.13. The molecule has 1 unspecified atom stereocenters. The molecule has 3 aromatic carbocycles. The van der Waals surface area contributed by atoms with Crippen molar-refractivity contribution in [2.45, 2.75) is 36.5 Å². The second-order valence-corrected chi connectivity index (χ2v) is 12.1. The fourth-order valence-corrected chi connectivity index (χ4v) is 6.82. The van der Waals surface area contributed by atoms with Crippen LogP contribution in [0.2, 0.25) is 10.0 Å². The van der Waals surface area contributed by atoms with Crippen LogP contribution in [0.15, 0.2) is 66.7 Å². The zero-order valence-corrected chi connectivity index (χ0v) is 25.5. The highest BCUT2D eigenvalue weighted by atomic mass is 35.5. The Bertz CT molecular complexity index is 1440. The van der Waals surface area contributed by atoms with E-state index >= 15 is 0 Å². The number of methoxy groups -OCH3 is 2. The van der Waals surface area contributed by atoms with Crippen LogP contribution < -0.4 is 9.47 Å². The fraction of sp³-hybridized carbons (Fsp3) is 0.394. The molecule has 1 amide bonds. The largest absolute Gasteiger partial charge is 0.497 e. The lowest BCUT2D eigenvalue weighted by molar-refractivity contribution is -0.146. The van der Waals surface area contributed by atoms with Crippen LogP contribution in [0.4, 0.5) is 0 Å². The Labute approximate surface area is 256 Å². The van der Waals surface area contributed by atoms with Gasteiger partial charge in [-0.3, -0.25) is 9.59 Å². The van der Waals surface area contributed by atoms with Gasteiger partial charge in [0.05, 0.1) is 35.2 Å². The summed E-state index contributed by atoms with van der Waals surface area (Å²) in [6.45, 7) is 3.23. The number of benzene rings is 3. The molecule has 7 nitrogen and oxygen atoms in total. The van der Waals surface area contributed by atoms with Crippen LogP contribution in [-0.2, 0) is 15.6 Å². The summed E-state index contributed by atoms with van der Waals surface area (Å²) in [5.41, 5.74) is 1.17. The maximum Gasteiger partial charge on any atom is 0.314 e. The summed E-state index contributed by atoms with van der Waals surface area (Å²) >= 11 is 12.8. The van der Waals surface area contributed by atoms with Gasteiger partial charge in [-0.05, 0) is 86.8 Å². The first-order valence-electron chi connectivity index (χ1n) is 14.2. The van der Waals surface area contributed by atoms with Crippen LogP contribution in [0, 0.1) is 0 Å². The Kier molecular flexibility index (Phi) is 9.02. The average molecular weight is 612 g/mol. The second-order valence-electron chi connectivity index (χ2n) is 11.3. The molecule has 1 atom stereocenters. The first-order chi connectivity index (χ1) is 20.2. The molecule has 2 fully saturated rings. The summed E-state index contributed by atoms with van der Waals surface area (Å²) in [6, 6.07) is 20.6. The van der Waals surface area contributed by atoms with Crippen molar-refractivity contribution >= 4 is 35.1 Å². The molecule has 5 rings (SSSR count). The van der Waals surface area contributed by atoms with Crippen LogP contribution >= 0.6 is 23.2 Å². The third-order valence-electron chi connectivity index (χ3n) is 9.16. The average Bonchev–Trinajstić information content (AvgIpc) is 3.47. The molecule has 3 aromatic rings. The van der Waals surface area contributed by atoms with E-state index in [0.717, 1.165) is 30.5 Å². The van der Waals surface area contributed by atoms with Crippen LogP contribution in [0.3, 0.4) is 0 Å². The lowest BCUT2D eigenvalue weighted by Crippen LogP contribution is -2.48. The summed E-state index contributed by atoms with van der Waals surface area (Å²) in [5.74, 6) is 0.215. The molecule has 2 saturated heterocycles. The van der Waals surface area contributed by atoms with Crippen LogP contribution in [0.5, 0.6) is 11.5 Å². The highest BCUT2D eigenvalue weighted by Gasteiger charge is 2.45. The van der Waals surface area contributed by atoms with Crippen molar-refractivity contribution in [3.05, 3.63) is 93.5 Å². The van der Waals surface area contributed by atoms with E-state index in [9.17, 15) is 14.7 Å². The van der Waals surface area contributed by atoms with E-state index in [-0.39, 0.29) is 11.3 Å². The summed E-state index contributed by atoms with van der Waals surface area (Å²) in [4.78, 5) is 30.5. The molecule has 1 N–H and O–H groups in total. The molecule has 0 aromatic heterocycles. The maximum atomic E-state index is 13.8. The molecule has 0 aliphatic carbocycles. The Morgan fingerprint density at radius 1 is 0.857 bits per heavy atom. The predicted molar refractivity (Wildman–Crippen MR) is 164 cm³/mol. The van der Waals surface area contributed by atoms with E-state index in [0.29, 0.717) is 66.1 Å². The number of hydrogen-bond donors (Lipinski definition) is 1. The number of likely N-dealkylation sites (tertiary alicyclic amines) is 2. The van der Waals surface area contributed by atoms with Gasteiger partial charge in [-0.25, -0.2) is 0 Å². The third kappa shape index (κ3) is 5.83. The van der Waals surface area contributed by atoms with Gasteiger partial charge in [-0.15, -0.1) is 0 Å². The quantitative estimate of drug-likeness (QED) is 0.306. The van der Waals surface area contributed by atoms with Crippen molar-refractivity contribution in [2.24, 2.45) is 0 Å². The zero-order chi connectivity index (χ0) is 29.9. The van der Waals surface area contributed by atoms with Crippen molar-refractivity contribution in [3.8, 4) is 11.5 Å². The predicted octanol–water partition coefficient (Wildman–Crippen LogP) is 6.30. The highest BCUT2D eigenvalue weighted by Crippen LogP contribution is 2.42. The third-order valence-corrected chi connectivity index (χ3v) is 9.90. The number of carbonyl (C=O) groups is 2. The monoisotopic (exact) mass is 610 g/mol. The number of aliphatic carboxylic acids is 1. The van der Waals surface area contributed by atoms with Crippen LogP contribution in [-0.4, -0.2) is 73.7 Å². The molecule has 42 heavy (non-hydrogen) atoms. The fourth-order valence-electron chi connectivity index (χ4n) is 6.52. The van der Waals surface area contributed by atoms with Crippen molar-refractivity contribution < 1.29 is 24.2 Å². The van der Waals surface area contributed by atoms with Crippen molar-refractivity contribution in [1.82, 2.24) is 9.80 Å². The lowest BCUT2D eigenvalue weighted by Gasteiger charge is -2.40. The van der Waals surface area contributed by atoms with Crippen LogP contribution in [0.1, 0.15) is 47.2 Å². The SMILES string of the molecule is COc1ccc(OC)c(C(=O)N2CCC(CCN3CCC(C(=O)O)(c4ccccc4)CC3)(c3ccc(Cl)c(Cl)c3)C2)c1. The number of carbonyl (C=O) groups excluding carboxylic acids is 1. The maximum absolute atomic E-state index is 13.8. The standard InChI is InChI=1S/C33H36Cl2N2O5/c1-41-25-9-11-29(42-2)26(21-25)30(38)37-19-13-32(22-37,24-8-10-27(34)28(35)20-24)12-16-36-17-14-33(15-18-36,31(39)40)23-6-4-3-5-7-23/h3-11,20-21H,12-19,22H2,1-2H3,(H,39,40). The zero-order valence-electron chi connectivity index (χ0n) is 23.9. The van der Waals surface area contributed by atoms with E-state index in [2.05, 4.69) is 4.90 Å². The lowest BCUT2D eigenvalue weighted by atomic mass is 9.72. The van der Waals surface area contributed by atoms with E-state index in [4.69, 9.17) is 32.7 Å². The smallest absolute Gasteiger partial charge is 0.314 e. The first kappa shape index (κ1) is 30.2. The van der Waals surface area contributed by atoms with Gasteiger partial charge in [-0.1, -0.05) is 59.6 Å². The molecule has 9 heteroatoms. The van der Waals surface area contributed by atoms with Crippen molar-refractivity contribution in [1.29, 1.82) is 0 Å². The summed E-state index contributed by atoms with van der Waals surface area (Å²) in [5, 5.41) is 11.2. The number of ether oxygens (including phenoxy) is 2. The molecule has 0 bridgehead atoms. The van der Waals surface area contributed by atoms with Crippen LogP contribution in [0.25, 0.3) is 0 Å². The number of rotatable bonds is 9. The molecule has 0 spiro atoms. The molecular formula is C33H36Cl2N2O5. The van der Waals surface area contributed by atoms with E-state index in [1.807, 2.05) is 53.4 Å². The Morgan fingerprint density at radius 3 is 2.24 bits per heavy atom. The van der Waals surface area contributed by atoms with E-state index in [1.165, 1.54) is 0 Å². The number of nitrogens with zero attached hydrogens (tertiary/aromatic N) is 2. The first-order valence-corrected chi connectivity index (χ1v) is 14.9. The summed E-state index contributed by atoms with van der Waals surface area (Å²) < 4.78 is 10.9. The van der Waals surface area contributed by atoms with Crippen molar-refractivity contribution in [2.75, 3.05) is 46.9 Å². The number of carboxylic acids is 1. The van der Waals surface area contributed by atoms with Gasteiger partial charge in [0.15, 0.2) is 0 Å². The minimum absolute atomic E-state index is 0.111. The van der Waals surface area contributed by atoms with Gasteiger partial charge in [0.25, 0.3) is 5.91 Å². The molecule has 2 heterocycles. The Balaban J connectivity index is 1.36. The molecule has 222 valence electrons. The molecule has 0 radical (unpaired) electrons. The normalized spacial score (nSPS) is 20.3. The van der Waals surface area contributed by atoms with Gasteiger partial charge in [0, 0.05) is 18.5 Å². The van der Waals surface area contributed by atoms with Gasteiger partial charge >= 0.3 is 5.97 Å². The van der Waals surface area contributed by atoms with Crippen molar-refractivity contribution in [3.63, 3.8) is 0 Å². The van der Waals surface area contributed by atoms with Gasteiger partial charge < -0.3 is 24.4 Å². The number of piperidine rings is 1. The van der Waals surface area contributed by atoms with Gasteiger partial charge in [-0.2, -0.15) is 0 Å². The minimum Gasteiger partial charge on any atom is -0.497 e. The molecule has 2 aliphatic rings. The minimum atomic E-state index is -0.870. The molecule has 2 aliphatic heterocycles. The van der Waals surface area contributed by atoms with E-state index < -0.39 is 11.4 Å². The summed E-state index contributed by atoms with van der Waals surface area (Å²) in [6.07, 6.45) is 2.65. The second kappa shape index (κ2) is 12.5. The van der Waals surface area contributed by atoms with Gasteiger partial charge in [0.1, 0.15) is 11.5 Å². The highest BCUT2D eigenvalue weighted by molar-refractivity contribution is 6.42. The topological polar surface area (TPSA) is 79.3 Å². The number of hydrogen-bond acceptors (Lipinski definition) is 5. The number of amides is 1. The Hall–Kier alpha value is -3.26.